The van der Waals surface area contributed by atoms with Gasteiger partial charge < -0.3 is 19.4 Å². The van der Waals surface area contributed by atoms with Crippen LogP contribution in [0.15, 0.2) is 85.1 Å². The third kappa shape index (κ3) is 53.8. The molecule has 0 aromatic carbocycles. The summed E-state index contributed by atoms with van der Waals surface area (Å²) in [4.78, 5) is 37.6. The number of unbranched alkanes of at least 4 members (excludes halogenated alkanes) is 25. The number of carbonyl (C=O) groups excluding carboxylic acids is 2. The van der Waals surface area contributed by atoms with Crippen LogP contribution in [-0.4, -0.2) is 74.3 Å². The number of hydrogen-bond donors (Lipinski definition) is 2. The second-order valence-electron chi connectivity index (χ2n) is 21.1. The fraction of sp³-hybridized carbons (Fsp3) is 0.746. The molecule has 422 valence electrons. The van der Waals surface area contributed by atoms with Crippen molar-refractivity contribution in [3.63, 3.8) is 0 Å². The first-order valence-electron chi connectivity index (χ1n) is 29.9. The first-order chi connectivity index (χ1) is 35.4. The number of likely N-dealkylation sites (N-methyl/N-ethyl adjacent to an activating group) is 1. The molecule has 1 amide bonds. The minimum absolute atomic E-state index is 0.0292. The lowest BCUT2D eigenvalue weighted by atomic mass is 10.0. The number of phosphoric acid groups is 1. The van der Waals surface area contributed by atoms with Gasteiger partial charge in [-0.3, -0.25) is 18.6 Å². The van der Waals surface area contributed by atoms with Crippen LogP contribution < -0.4 is 5.32 Å². The first-order valence-corrected chi connectivity index (χ1v) is 31.4. The summed E-state index contributed by atoms with van der Waals surface area (Å²) >= 11 is 0. The molecule has 3 atom stereocenters. The van der Waals surface area contributed by atoms with Crippen molar-refractivity contribution in [2.45, 2.75) is 264 Å². The normalized spacial score (nSPS) is 14.3. The van der Waals surface area contributed by atoms with E-state index < -0.39 is 20.0 Å². The number of quaternary nitrogens is 1. The maximum absolute atomic E-state index is 13.5. The number of phosphoric ester groups is 1. The summed E-state index contributed by atoms with van der Waals surface area (Å²) in [6.07, 6.45) is 68.6. The molecule has 0 spiro atoms. The maximum atomic E-state index is 13.5. The third-order valence-electron chi connectivity index (χ3n) is 12.8. The third-order valence-corrected chi connectivity index (χ3v) is 13.8. The number of nitrogens with zero attached hydrogens (tertiary/aromatic N) is 1. The van der Waals surface area contributed by atoms with Crippen molar-refractivity contribution in [3.8, 4) is 0 Å². The van der Waals surface area contributed by atoms with Crippen LogP contribution in [0.4, 0.5) is 0 Å². The fourth-order valence-electron chi connectivity index (χ4n) is 8.24. The Balaban J connectivity index is 5.39. The lowest BCUT2D eigenvalue weighted by Gasteiger charge is -2.27. The molecule has 0 aliphatic carbocycles. The van der Waals surface area contributed by atoms with Crippen molar-refractivity contribution >= 4 is 19.7 Å². The number of allylic oxidation sites excluding steroid dienone is 13. The number of carbonyl (C=O) groups is 2. The quantitative estimate of drug-likeness (QED) is 0.0205. The summed E-state index contributed by atoms with van der Waals surface area (Å²) in [6, 6.07) is -0.873. The van der Waals surface area contributed by atoms with Crippen LogP contribution in [0.3, 0.4) is 0 Å². The molecule has 0 radical (unpaired) electrons. The van der Waals surface area contributed by atoms with Gasteiger partial charge in [-0.05, 0) is 83.1 Å². The van der Waals surface area contributed by atoms with Gasteiger partial charge >= 0.3 is 13.8 Å². The Labute approximate surface area is 450 Å². The number of rotatable bonds is 53. The monoisotopic (exact) mass is 1040 g/mol. The first kappa shape index (κ1) is 70.2. The van der Waals surface area contributed by atoms with Gasteiger partial charge in [0, 0.05) is 12.8 Å². The van der Waals surface area contributed by atoms with Gasteiger partial charge in [-0.25, -0.2) is 4.57 Å². The summed E-state index contributed by atoms with van der Waals surface area (Å²) in [5.74, 6) is -0.555. The molecule has 0 saturated carbocycles. The zero-order chi connectivity index (χ0) is 53.6. The van der Waals surface area contributed by atoms with Crippen molar-refractivity contribution in [2.24, 2.45) is 0 Å². The molecular formula is C63H114N2O7P+. The van der Waals surface area contributed by atoms with Crippen molar-refractivity contribution in [1.82, 2.24) is 5.32 Å². The topological polar surface area (TPSA) is 111 Å². The van der Waals surface area contributed by atoms with Crippen LogP contribution >= 0.6 is 7.82 Å². The molecule has 0 aliphatic heterocycles. The highest BCUT2D eigenvalue weighted by atomic mass is 31.2. The zero-order valence-electron chi connectivity index (χ0n) is 48.1. The van der Waals surface area contributed by atoms with Crippen molar-refractivity contribution < 1.29 is 37.3 Å². The van der Waals surface area contributed by atoms with Crippen LogP contribution in [0.2, 0.25) is 0 Å². The fourth-order valence-corrected chi connectivity index (χ4v) is 8.97. The molecule has 10 heteroatoms. The Morgan fingerprint density at radius 3 is 1.33 bits per heavy atom. The molecule has 0 aromatic heterocycles. The molecule has 0 rings (SSSR count). The van der Waals surface area contributed by atoms with Gasteiger partial charge in [0.25, 0.3) is 0 Å². The second-order valence-corrected chi connectivity index (χ2v) is 22.6. The summed E-state index contributed by atoms with van der Waals surface area (Å²) in [5, 5.41) is 3.03. The van der Waals surface area contributed by atoms with Crippen molar-refractivity contribution in [1.29, 1.82) is 0 Å². The summed E-state index contributed by atoms with van der Waals surface area (Å²) in [6.45, 7) is 6.86. The van der Waals surface area contributed by atoms with E-state index in [0.717, 1.165) is 89.9 Å². The van der Waals surface area contributed by atoms with Crippen LogP contribution in [0, 0.1) is 0 Å². The highest BCUT2D eigenvalue weighted by Crippen LogP contribution is 2.43. The van der Waals surface area contributed by atoms with Crippen LogP contribution in [0.5, 0.6) is 0 Å². The van der Waals surface area contributed by atoms with E-state index in [0.29, 0.717) is 17.4 Å². The molecule has 9 nitrogen and oxygen atoms in total. The SMILES string of the molecule is CC/C=C\C/C=C\C/C=C\C/C=C\C/C=C\C/C=C\CCCCC(=O)NC(COP(=O)(O)OCC[N+](C)(C)C)C(/C=C\CCCCCCCCCCCCC)OC(=O)CCCCCCCCCCCCCCC. The highest BCUT2D eigenvalue weighted by molar-refractivity contribution is 7.47. The van der Waals surface area contributed by atoms with Gasteiger partial charge in [0.2, 0.25) is 5.91 Å². The minimum atomic E-state index is -4.46. The zero-order valence-corrected chi connectivity index (χ0v) is 49.0. The molecule has 0 fully saturated rings. The van der Waals surface area contributed by atoms with Crippen LogP contribution in [-0.2, 0) is 27.9 Å². The Bertz CT molecular complexity index is 1530. The minimum Gasteiger partial charge on any atom is -0.456 e. The van der Waals surface area contributed by atoms with E-state index in [1.807, 2.05) is 33.3 Å². The van der Waals surface area contributed by atoms with Gasteiger partial charge in [-0.1, -0.05) is 241 Å². The van der Waals surface area contributed by atoms with Gasteiger partial charge in [-0.2, -0.15) is 0 Å². The predicted octanol–water partition coefficient (Wildman–Crippen LogP) is 18.2. The van der Waals surface area contributed by atoms with E-state index in [2.05, 4.69) is 99.0 Å². The maximum Gasteiger partial charge on any atom is 0.472 e. The Morgan fingerprint density at radius 1 is 0.493 bits per heavy atom. The number of ether oxygens (including phenoxy) is 1. The average Bonchev–Trinajstić information content (AvgIpc) is 3.35. The Kier molecular flexibility index (Phi) is 50.6. The number of nitrogens with one attached hydrogen (secondary N) is 1. The predicted molar refractivity (Wildman–Crippen MR) is 314 cm³/mol. The Hall–Kier alpha value is -2.81. The standard InChI is InChI=1S/C63H113N2O7P/c1-7-10-13-16-19-22-25-28-29-30-31-32-33-34-35-38-40-43-46-49-52-55-62(66)64-60(59-71-73(68,69)70-58-57-65(4,5)6)61(54-51-48-45-42-39-36-26-23-20-17-14-11-8-2)72-63(67)56-53-50-47-44-41-37-27-24-21-18-15-12-9-3/h10,13,19,22,28-29,31-32,34-35,40,43,51,54,60-61H,7-9,11-12,14-18,20-21,23-27,30,33,36-39,41-42,44-50,52-53,55-59H2,1-6H3,(H-,64,66,68,69)/p+1/b13-10-,22-19-,29-28-,32-31-,35-34-,43-40-,54-51-. The molecule has 0 saturated heterocycles. The van der Waals surface area contributed by atoms with Gasteiger partial charge in [0.05, 0.1) is 33.8 Å². The second kappa shape index (κ2) is 52.6. The molecule has 0 heterocycles. The van der Waals surface area contributed by atoms with Crippen LogP contribution in [0.1, 0.15) is 252 Å². The smallest absolute Gasteiger partial charge is 0.456 e. The number of hydrogen-bond acceptors (Lipinski definition) is 6. The van der Waals surface area contributed by atoms with Gasteiger partial charge in [0.15, 0.2) is 0 Å². The van der Waals surface area contributed by atoms with E-state index in [1.165, 1.54) is 122 Å². The molecule has 3 unspecified atom stereocenters. The van der Waals surface area contributed by atoms with E-state index in [9.17, 15) is 19.0 Å². The summed E-state index contributed by atoms with van der Waals surface area (Å²) < 4.78 is 30.6. The Morgan fingerprint density at radius 2 is 0.877 bits per heavy atom. The van der Waals surface area contributed by atoms with Crippen molar-refractivity contribution in [2.75, 3.05) is 40.9 Å². The molecule has 73 heavy (non-hydrogen) atoms. The van der Waals surface area contributed by atoms with E-state index in [-0.39, 0.29) is 37.9 Å². The lowest BCUT2D eigenvalue weighted by molar-refractivity contribution is -0.870. The summed E-state index contributed by atoms with van der Waals surface area (Å²) in [5.41, 5.74) is 0. The van der Waals surface area contributed by atoms with E-state index in [4.69, 9.17) is 13.8 Å². The van der Waals surface area contributed by atoms with Gasteiger partial charge in [-0.15, -0.1) is 0 Å². The molecule has 2 N–H and O–H groups in total. The molecule has 0 aliphatic rings. The largest absolute Gasteiger partial charge is 0.472 e. The van der Waals surface area contributed by atoms with Gasteiger partial charge in [0.1, 0.15) is 19.3 Å². The summed E-state index contributed by atoms with van der Waals surface area (Å²) in [7, 11) is 1.46. The number of esters is 1. The molecular weight excluding hydrogens is 928 g/mol. The van der Waals surface area contributed by atoms with Crippen LogP contribution in [0.25, 0.3) is 0 Å². The highest BCUT2D eigenvalue weighted by Gasteiger charge is 2.30. The van der Waals surface area contributed by atoms with E-state index in [1.54, 1.807) is 0 Å². The molecule has 0 bridgehead atoms. The average molecular weight is 1040 g/mol. The molecule has 0 aromatic rings. The number of amides is 1. The lowest BCUT2D eigenvalue weighted by Crippen LogP contribution is -2.47. The van der Waals surface area contributed by atoms with E-state index >= 15 is 0 Å². The van der Waals surface area contributed by atoms with Crippen molar-refractivity contribution in [3.05, 3.63) is 85.1 Å².